The Morgan fingerprint density at radius 3 is 2.54 bits per heavy atom. The van der Waals surface area contributed by atoms with Crippen LogP contribution in [-0.2, 0) is 0 Å². The molecule has 0 atom stereocenters. The number of methoxy groups -OCH3 is 2. The molecule has 0 aliphatic heterocycles. The number of benzene rings is 1. The average molecular weight is 530 g/mol. The van der Waals surface area contributed by atoms with E-state index in [1.807, 2.05) is 39.2 Å². The summed E-state index contributed by atoms with van der Waals surface area (Å²) >= 11 is 3.74. The molecule has 0 saturated heterocycles. The van der Waals surface area contributed by atoms with Gasteiger partial charge in [-0.1, -0.05) is 21.6 Å². The Kier molecular flexibility index (Phi) is 7.57. The summed E-state index contributed by atoms with van der Waals surface area (Å²) in [6.45, 7) is 4.60. The van der Waals surface area contributed by atoms with Gasteiger partial charge < -0.3 is 13.9 Å². The minimum Gasteiger partial charge on any atom is -0.494 e. The molecule has 0 N–H and O–H groups in total. The number of hydrogen-bond acceptors (Lipinski definition) is 8. The summed E-state index contributed by atoms with van der Waals surface area (Å²) in [6.07, 6.45) is 1.61. The third kappa shape index (κ3) is 4.28. The van der Waals surface area contributed by atoms with Gasteiger partial charge in [-0.05, 0) is 62.8 Å². The summed E-state index contributed by atoms with van der Waals surface area (Å²) in [7, 11) is 4.97. The highest BCUT2D eigenvalue weighted by Crippen LogP contribution is 2.39. The number of halogens is 1. The zero-order valence-corrected chi connectivity index (χ0v) is 19.2. The Bertz CT molecular complexity index is 895. The maximum atomic E-state index is 5.62. The van der Waals surface area contributed by atoms with Crippen molar-refractivity contribution in [1.82, 2.24) is 14.8 Å². The van der Waals surface area contributed by atoms with Crippen LogP contribution in [0.4, 0.5) is 5.95 Å². The van der Waals surface area contributed by atoms with Crippen molar-refractivity contribution in [3.63, 3.8) is 0 Å². The van der Waals surface area contributed by atoms with E-state index in [0.29, 0.717) is 34.7 Å². The number of furan rings is 1. The van der Waals surface area contributed by atoms with Crippen molar-refractivity contribution in [2.75, 3.05) is 30.8 Å². The van der Waals surface area contributed by atoms with E-state index in [1.54, 1.807) is 34.8 Å². The summed E-state index contributed by atoms with van der Waals surface area (Å²) in [5.41, 5.74) is 0.704. The first-order chi connectivity index (χ1) is 13.7. The second-order valence-electron chi connectivity index (χ2n) is 5.33. The average Bonchev–Trinajstić information content (AvgIpc) is 3.39. The lowest BCUT2D eigenvalue weighted by Crippen LogP contribution is -2.21. The van der Waals surface area contributed by atoms with E-state index in [-0.39, 0.29) is 0 Å². The van der Waals surface area contributed by atoms with Crippen molar-refractivity contribution in [3.05, 3.63) is 48.6 Å². The molecule has 3 rings (SSSR count). The SMILES string of the molecule is C=CSN(CCSI)c1nnc(-c2ccco2)n1-c1c(OC)cccc1OC. The van der Waals surface area contributed by atoms with E-state index in [0.717, 1.165) is 12.3 Å². The highest BCUT2D eigenvalue weighted by molar-refractivity contribution is 14.2. The Labute approximate surface area is 184 Å². The van der Waals surface area contributed by atoms with Crippen molar-refractivity contribution >= 4 is 48.0 Å². The predicted molar refractivity (Wildman–Crippen MR) is 124 cm³/mol. The van der Waals surface area contributed by atoms with Gasteiger partial charge in [-0.2, -0.15) is 0 Å². The molecule has 0 unspecified atom stereocenters. The van der Waals surface area contributed by atoms with Crippen molar-refractivity contribution in [2.24, 2.45) is 0 Å². The molecule has 3 aromatic rings. The van der Waals surface area contributed by atoms with Crippen LogP contribution in [-0.4, -0.2) is 41.3 Å². The van der Waals surface area contributed by atoms with Gasteiger partial charge in [0.2, 0.25) is 11.8 Å². The fourth-order valence-corrected chi connectivity index (χ4v) is 4.22. The fourth-order valence-electron chi connectivity index (χ4n) is 2.67. The highest BCUT2D eigenvalue weighted by Gasteiger charge is 2.26. The van der Waals surface area contributed by atoms with Gasteiger partial charge in [0.1, 0.15) is 17.2 Å². The molecular weight excluding hydrogens is 511 g/mol. The molecule has 28 heavy (non-hydrogen) atoms. The quantitative estimate of drug-likeness (QED) is 0.261. The van der Waals surface area contributed by atoms with Crippen molar-refractivity contribution in [1.29, 1.82) is 0 Å². The number of nitrogens with zero attached hydrogens (tertiary/aromatic N) is 4. The molecule has 148 valence electrons. The van der Waals surface area contributed by atoms with Gasteiger partial charge >= 0.3 is 0 Å². The van der Waals surface area contributed by atoms with Crippen LogP contribution in [0.5, 0.6) is 11.5 Å². The van der Waals surface area contributed by atoms with Gasteiger partial charge in [-0.3, -0.25) is 8.87 Å². The first kappa shape index (κ1) is 20.9. The van der Waals surface area contributed by atoms with Crippen LogP contribution < -0.4 is 13.8 Å². The Balaban J connectivity index is 2.26. The highest BCUT2D eigenvalue weighted by atomic mass is 127. The summed E-state index contributed by atoms with van der Waals surface area (Å²) < 4.78 is 20.8. The smallest absolute Gasteiger partial charge is 0.242 e. The Morgan fingerprint density at radius 2 is 1.96 bits per heavy atom. The second-order valence-corrected chi connectivity index (χ2v) is 8.81. The van der Waals surface area contributed by atoms with E-state index in [1.165, 1.54) is 11.9 Å². The fraction of sp³-hybridized carbons (Fsp3) is 0.222. The van der Waals surface area contributed by atoms with Gasteiger partial charge in [-0.15, -0.1) is 10.2 Å². The molecule has 0 saturated carbocycles. The third-order valence-electron chi connectivity index (χ3n) is 3.81. The Morgan fingerprint density at radius 1 is 1.21 bits per heavy atom. The number of para-hydroxylation sites is 1. The zero-order valence-electron chi connectivity index (χ0n) is 15.4. The second kappa shape index (κ2) is 10.1. The molecule has 2 heterocycles. The van der Waals surface area contributed by atoms with Gasteiger partial charge in [-0.25, -0.2) is 0 Å². The summed E-state index contributed by atoms with van der Waals surface area (Å²) in [4.78, 5) is 0. The maximum Gasteiger partial charge on any atom is 0.242 e. The molecule has 0 aliphatic carbocycles. The molecule has 0 spiro atoms. The maximum absolute atomic E-state index is 5.62. The molecule has 10 heteroatoms. The number of hydrogen-bond donors (Lipinski definition) is 0. The number of aromatic nitrogens is 3. The van der Waals surface area contributed by atoms with E-state index >= 15 is 0 Å². The van der Waals surface area contributed by atoms with Crippen LogP contribution in [0.1, 0.15) is 0 Å². The van der Waals surface area contributed by atoms with Crippen LogP contribution in [0.2, 0.25) is 0 Å². The molecule has 0 radical (unpaired) electrons. The van der Waals surface area contributed by atoms with Crippen LogP contribution >= 0.6 is 42.1 Å². The standard InChI is InChI=1S/C18H19IN4O3S2/c1-4-28-22(10-12-27-19)18-21-20-17(15-9-6-11-26-15)23(18)16-13(24-2)7-5-8-14(16)25-3/h4-9,11H,1,10,12H2,2-3H3. The molecular formula is C18H19IN4O3S2. The third-order valence-corrected chi connectivity index (χ3v) is 6.22. The van der Waals surface area contributed by atoms with Crippen LogP contribution in [0.3, 0.4) is 0 Å². The van der Waals surface area contributed by atoms with E-state index in [2.05, 4.69) is 38.0 Å². The number of ether oxygens (including phenoxy) is 2. The topological polar surface area (TPSA) is 65.6 Å². The van der Waals surface area contributed by atoms with E-state index in [4.69, 9.17) is 13.9 Å². The number of rotatable bonds is 10. The lowest BCUT2D eigenvalue weighted by Gasteiger charge is -2.23. The lowest BCUT2D eigenvalue weighted by atomic mass is 10.2. The molecule has 0 aliphatic rings. The van der Waals surface area contributed by atoms with Crippen molar-refractivity contribution in [3.8, 4) is 28.8 Å². The van der Waals surface area contributed by atoms with Gasteiger partial charge in [0, 0.05) is 12.3 Å². The molecule has 1 aromatic carbocycles. The largest absolute Gasteiger partial charge is 0.494 e. The Hall–Kier alpha value is -1.79. The van der Waals surface area contributed by atoms with Crippen LogP contribution in [0, 0.1) is 0 Å². The lowest BCUT2D eigenvalue weighted by molar-refractivity contribution is 0.391. The normalized spacial score (nSPS) is 10.7. The predicted octanol–water partition coefficient (Wildman–Crippen LogP) is 5.23. The van der Waals surface area contributed by atoms with Crippen LogP contribution in [0.15, 0.2) is 53.0 Å². The minimum absolute atomic E-state index is 0.555. The van der Waals surface area contributed by atoms with E-state index in [9.17, 15) is 0 Å². The number of anilines is 1. The van der Waals surface area contributed by atoms with Gasteiger partial charge in [0.25, 0.3) is 0 Å². The monoisotopic (exact) mass is 530 g/mol. The van der Waals surface area contributed by atoms with Crippen LogP contribution in [0.25, 0.3) is 17.3 Å². The summed E-state index contributed by atoms with van der Waals surface area (Å²) in [5, 5.41) is 10.6. The first-order valence-corrected chi connectivity index (χ1v) is 12.6. The van der Waals surface area contributed by atoms with Crippen molar-refractivity contribution < 1.29 is 13.9 Å². The van der Waals surface area contributed by atoms with Gasteiger partial charge in [0.05, 0.1) is 20.5 Å². The van der Waals surface area contributed by atoms with Crippen molar-refractivity contribution in [2.45, 2.75) is 0 Å². The zero-order chi connectivity index (χ0) is 19.9. The molecule has 0 bridgehead atoms. The van der Waals surface area contributed by atoms with E-state index < -0.39 is 0 Å². The first-order valence-electron chi connectivity index (χ1n) is 8.24. The minimum atomic E-state index is 0.555. The van der Waals surface area contributed by atoms with Gasteiger partial charge in [0.15, 0.2) is 5.76 Å². The summed E-state index contributed by atoms with van der Waals surface area (Å²) in [5.74, 6) is 3.97. The molecule has 7 nitrogen and oxygen atoms in total. The summed E-state index contributed by atoms with van der Waals surface area (Å²) in [6, 6.07) is 9.29. The molecule has 0 fully saturated rings. The molecule has 2 aromatic heterocycles. The molecule has 0 amide bonds.